The summed E-state index contributed by atoms with van der Waals surface area (Å²) >= 11 is 0. The molecular weight excluding hydrogens is 264 g/mol. The van der Waals surface area contributed by atoms with E-state index < -0.39 is 23.6 Å². The minimum Gasteiger partial charge on any atom is -0.475 e. The van der Waals surface area contributed by atoms with Gasteiger partial charge in [0.05, 0.1) is 0 Å². The van der Waals surface area contributed by atoms with Crippen molar-refractivity contribution in [1.29, 1.82) is 0 Å². The second-order valence-corrected chi connectivity index (χ2v) is 4.37. The number of likely N-dealkylation sites (N-methyl/N-ethyl adjacent to an activating group) is 1. The number of Topliss-reactive ketones (excluding diaryl/α,β-unsaturated/α-hetero) is 1. The Morgan fingerprint density at radius 2 is 1.85 bits per heavy atom. The van der Waals surface area contributed by atoms with Crippen LogP contribution in [0, 0.1) is 0 Å². The molecule has 1 aliphatic heterocycles. The number of hydrogen-bond acceptors (Lipinski definition) is 4. The van der Waals surface area contributed by atoms with E-state index in [4.69, 9.17) is 5.11 Å². The van der Waals surface area contributed by atoms with Crippen LogP contribution in [0.3, 0.4) is 0 Å². The highest BCUT2D eigenvalue weighted by atomic mass is 16.4. The Hall–Kier alpha value is -2.70. The summed E-state index contributed by atoms with van der Waals surface area (Å²) in [6.07, 6.45) is 0. The van der Waals surface area contributed by atoms with Gasteiger partial charge >= 0.3 is 17.8 Å². The molecule has 0 aromatic heterocycles. The van der Waals surface area contributed by atoms with Crippen molar-refractivity contribution in [2.24, 2.45) is 0 Å². The molecule has 1 N–H and O–H groups in total. The largest absolute Gasteiger partial charge is 0.475 e. The molecule has 104 valence electrons. The Morgan fingerprint density at radius 1 is 1.15 bits per heavy atom. The predicted molar refractivity (Wildman–Crippen MR) is 68.4 cm³/mol. The molecule has 1 heterocycles. The minimum atomic E-state index is -1.57. The van der Waals surface area contributed by atoms with E-state index in [1.54, 1.807) is 6.07 Å². The first kappa shape index (κ1) is 13.7. The summed E-state index contributed by atoms with van der Waals surface area (Å²) in [5, 5.41) is 8.67. The summed E-state index contributed by atoms with van der Waals surface area (Å²) in [6, 6.07) is 5.67. The average molecular weight is 276 g/mol. The summed E-state index contributed by atoms with van der Waals surface area (Å²) in [7, 11) is 1.53. The van der Waals surface area contributed by atoms with Crippen molar-refractivity contribution in [3.05, 3.63) is 29.8 Å². The van der Waals surface area contributed by atoms with E-state index in [0.717, 1.165) is 0 Å². The van der Waals surface area contributed by atoms with E-state index in [0.29, 0.717) is 18.8 Å². The first-order valence-electron chi connectivity index (χ1n) is 5.86. The van der Waals surface area contributed by atoms with Crippen molar-refractivity contribution in [1.82, 2.24) is 4.90 Å². The molecule has 0 saturated carbocycles. The molecule has 2 rings (SSSR count). The molecule has 1 aromatic carbocycles. The standard InChI is InChI=1S/C13H12N2O5/c1-14-5-6-15(12(18)11(14)17)9-4-2-3-8(7-9)10(16)13(19)20/h2-4,7H,5-6H2,1H3,(H,19,20). The van der Waals surface area contributed by atoms with Crippen LogP contribution >= 0.6 is 0 Å². The molecule has 7 nitrogen and oxygen atoms in total. The van der Waals surface area contributed by atoms with E-state index >= 15 is 0 Å². The first-order chi connectivity index (χ1) is 9.41. The average Bonchev–Trinajstić information content (AvgIpc) is 2.44. The van der Waals surface area contributed by atoms with Gasteiger partial charge in [-0.3, -0.25) is 14.4 Å². The second-order valence-electron chi connectivity index (χ2n) is 4.37. The van der Waals surface area contributed by atoms with Gasteiger partial charge in [0, 0.05) is 31.4 Å². The Morgan fingerprint density at radius 3 is 2.50 bits per heavy atom. The minimum absolute atomic E-state index is 0.0332. The number of carbonyl (C=O) groups is 4. The normalized spacial score (nSPS) is 15.4. The molecule has 0 bridgehead atoms. The second kappa shape index (κ2) is 5.12. The summed E-state index contributed by atoms with van der Waals surface area (Å²) in [6.45, 7) is 0.674. The Kier molecular flexibility index (Phi) is 3.51. The van der Waals surface area contributed by atoms with Gasteiger partial charge in [-0.25, -0.2) is 4.79 Å². The van der Waals surface area contributed by atoms with Crippen molar-refractivity contribution in [3.8, 4) is 0 Å². The Balaban J connectivity index is 2.32. The number of hydrogen-bond donors (Lipinski definition) is 1. The lowest BCUT2D eigenvalue weighted by atomic mass is 10.1. The third kappa shape index (κ3) is 2.37. The smallest absolute Gasteiger partial charge is 0.377 e. The number of carboxylic acid groups (broad SMARTS) is 1. The highest BCUT2D eigenvalue weighted by Crippen LogP contribution is 2.19. The van der Waals surface area contributed by atoms with Gasteiger partial charge in [-0.1, -0.05) is 12.1 Å². The number of carboxylic acids is 1. The maximum Gasteiger partial charge on any atom is 0.377 e. The SMILES string of the molecule is CN1CCN(c2cccc(C(=O)C(=O)O)c2)C(=O)C1=O. The zero-order valence-electron chi connectivity index (χ0n) is 10.7. The van der Waals surface area contributed by atoms with Gasteiger partial charge in [0.25, 0.3) is 5.78 Å². The Labute approximate surface area is 114 Å². The molecule has 20 heavy (non-hydrogen) atoms. The summed E-state index contributed by atoms with van der Waals surface area (Å²) in [4.78, 5) is 48.1. The molecule has 1 saturated heterocycles. The van der Waals surface area contributed by atoms with Crippen LogP contribution in [0.15, 0.2) is 24.3 Å². The molecule has 0 unspecified atom stereocenters. The summed E-state index contributed by atoms with van der Waals surface area (Å²) in [5.74, 6) is -3.95. The molecular formula is C13H12N2O5. The summed E-state index contributed by atoms with van der Waals surface area (Å²) in [5.41, 5.74) is 0.303. The lowest BCUT2D eigenvalue weighted by molar-refractivity contribution is -0.145. The van der Waals surface area contributed by atoms with Crippen LogP contribution in [0.4, 0.5) is 5.69 Å². The third-order valence-electron chi connectivity index (χ3n) is 3.05. The van der Waals surface area contributed by atoms with E-state index in [-0.39, 0.29) is 5.56 Å². The fourth-order valence-electron chi connectivity index (χ4n) is 1.92. The number of rotatable bonds is 3. The Bertz CT molecular complexity index is 611. The van der Waals surface area contributed by atoms with Gasteiger partial charge in [0.1, 0.15) is 0 Å². The van der Waals surface area contributed by atoms with E-state index in [1.165, 1.54) is 35.0 Å². The quantitative estimate of drug-likeness (QED) is 0.607. The van der Waals surface area contributed by atoms with Crippen molar-refractivity contribution in [2.45, 2.75) is 0 Å². The highest BCUT2D eigenvalue weighted by Gasteiger charge is 2.31. The molecule has 0 atom stereocenters. The monoisotopic (exact) mass is 276 g/mol. The number of ketones is 1. The van der Waals surface area contributed by atoms with Gasteiger partial charge in [-0.2, -0.15) is 0 Å². The molecule has 7 heteroatoms. The van der Waals surface area contributed by atoms with E-state index in [1.807, 2.05) is 0 Å². The number of piperazine rings is 1. The van der Waals surface area contributed by atoms with Crippen LogP contribution < -0.4 is 4.90 Å². The first-order valence-corrected chi connectivity index (χ1v) is 5.86. The van der Waals surface area contributed by atoms with Crippen molar-refractivity contribution >= 4 is 29.3 Å². The summed E-state index contributed by atoms with van der Waals surface area (Å²) < 4.78 is 0. The highest BCUT2D eigenvalue weighted by molar-refractivity contribution is 6.41. The number of nitrogens with zero attached hydrogens (tertiary/aromatic N) is 2. The van der Waals surface area contributed by atoms with Crippen LogP contribution in [0.2, 0.25) is 0 Å². The molecule has 0 aliphatic carbocycles. The zero-order chi connectivity index (χ0) is 14.9. The maximum absolute atomic E-state index is 11.9. The van der Waals surface area contributed by atoms with Crippen LogP contribution in [-0.2, 0) is 14.4 Å². The lowest BCUT2D eigenvalue weighted by Crippen LogP contribution is -2.53. The topological polar surface area (TPSA) is 95.0 Å². The third-order valence-corrected chi connectivity index (χ3v) is 3.05. The van der Waals surface area contributed by atoms with Crippen LogP contribution in [0.1, 0.15) is 10.4 Å². The van der Waals surface area contributed by atoms with Crippen LogP contribution in [-0.4, -0.2) is 53.7 Å². The number of anilines is 1. The molecule has 0 spiro atoms. The predicted octanol–water partition coefficient (Wildman–Crippen LogP) is -0.241. The number of carbonyl (C=O) groups excluding carboxylic acids is 3. The molecule has 0 radical (unpaired) electrons. The van der Waals surface area contributed by atoms with Gasteiger partial charge < -0.3 is 14.9 Å². The number of amides is 2. The van der Waals surface area contributed by atoms with Crippen molar-refractivity contribution < 1.29 is 24.3 Å². The van der Waals surface area contributed by atoms with Crippen molar-refractivity contribution in [3.63, 3.8) is 0 Å². The van der Waals surface area contributed by atoms with Crippen LogP contribution in [0.25, 0.3) is 0 Å². The van der Waals surface area contributed by atoms with Gasteiger partial charge in [-0.15, -0.1) is 0 Å². The molecule has 1 aliphatic rings. The maximum atomic E-state index is 11.9. The number of aliphatic carboxylic acids is 1. The molecule has 1 aromatic rings. The fraction of sp³-hybridized carbons (Fsp3) is 0.231. The van der Waals surface area contributed by atoms with Gasteiger partial charge in [-0.05, 0) is 12.1 Å². The molecule has 1 fully saturated rings. The molecule has 2 amide bonds. The van der Waals surface area contributed by atoms with Crippen molar-refractivity contribution in [2.75, 3.05) is 25.0 Å². The fourth-order valence-corrected chi connectivity index (χ4v) is 1.92. The van der Waals surface area contributed by atoms with Crippen LogP contribution in [0.5, 0.6) is 0 Å². The van der Waals surface area contributed by atoms with E-state index in [9.17, 15) is 19.2 Å². The van der Waals surface area contributed by atoms with Gasteiger partial charge in [0.15, 0.2) is 0 Å². The van der Waals surface area contributed by atoms with E-state index in [2.05, 4.69) is 0 Å². The lowest BCUT2D eigenvalue weighted by Gasteiger charge is -2.31. The zero-order valence-corrected chi connectivity index (χ0v) is 10.7. The number of benzene rings is 1. The van der Waals surface area contributed by atoms with Gasteiger partial charge in [0.2, 0.25) is 0 Å².